The molecule has 0 aliphatic carbocycles. The second kappa shape index (κ2) is 3.44. The summed E-state index contributed by atoms with van der Waals surface area (Å²) < 4.78 is 1.33. The van der Waals surface area contributed by atoms with E-state index in [1.807, 2.05) is 6.07 Å². The monoisotopic (exact) mass is 205 g/mol. The van der Waals surface area contributed by atoms with E-state index in [1.54, 1.807) is 24.3 Å². The van der Waals surface area contributed by atoms with Gasteiger partial charge in [-0.15, -0.1) is 0 Å². The van der Waals surface area contributed by atoms with Crippen LogP contribution in [0.1, 0.15) is 5.82 Å². The zero-order chi connectivity index (χ0) is 9.97. The maximum absolute atomic E-state index is 8.69. The van der Waals surface area contributed by atoms with E-state index < -0.39 is 0 Å². The highest BCUT2D eigenvalue weighted by Crippen LogP contribution is 2.14. The molecule has 0 N–H and O–H groups in total. The Hall–Kier alpha value is -1.93. The van der Waals surface area contributed by atoms with Gasteiger partial charge in [0.25, 0.3) is 5.82 Å². The molecule has 0 atom stereocenters. The van der Waals surface area contributed by atoms with Gasteiger partial charge in [0, 0.05) is 5.02 Å². The number of hydrogen-bond donors (Lipinski definition) is 0. The quantitative estimate of drug-likeness (QED) is 0.701. The summed E-state index contributed by atoms with van der Waals surface area (Å²) >= 11 is 5.79. The minimum atomic E-state index is 0.132. The van der Waals surface area contributed by atoms with Gasteiger partial charge >= 0.3 is 0 Å². The highest BCUT2D eigenvalue weighted by Gasteiger charge is 2.06. The van der Waals surface area contributed by atoms with Crippen LogP contribution < -0.4 is 0 Å². The molecule has 0 aliphatic heterocycles. The Morgan fingerprint density at radius 2 is 2.29 bits per heavy atom. The van der Waals surface area contributed by atoms with Crippen LogP contribution in [-0.2, 0) is 0 Å². The maximum atomic E-state index is 8.69. The molecular weight excluding hydrogens is 202 g/mol. The van der Waals surface area contributed by atoms with Gasteiger partial charge in [0.1, 0.15) is 6.07 Å². The van der Waals surface area contributed by atoms with E-state index in [1.165, 1.54) is 4.68 Å². The fourth-order valence-corrected chi connectivity index (χ4v) is 1.22. The fraction of sp³-hybridized carbons (Fsp3) is 0. The molecule has 0 saturated heterocycles. The topological polar surface area (TPSA) is 67.4 Å². The van der Waals surface area contributed by atoms with Crippen molar-refractivity contribution in [2.75, 3.05) is 0 Å². The lowest BCUT2D eigenvalue weighted by Gasteiger charge is -1.99. The van der Waals surface area contributed by atoms with E-state index in [9.17, 15) is 0 Å². The summed E-state index contributed by atoms with van der Waals surface area (Å²) in [6, 6.07) is 8.83. The van der Waals surface area contributed by atoms with E-state index in [0.717, 1.165) is 0 Å². The molecule has 1 heterocycles. The molecule has 14 heavy (non-hydrogen) atoms. The number of nitrogens with zero attached hydrogens (tertiary/aromatic N) is 5. The summed E-state index contributed by atoms with van der Waals surface area (Å²) in [5, 5.41) is 19.9. The van der Waals surface area contributed by atoms with Crippen LogP contribution in [0.25, 0.3) is 5.69 Å². The fourth-order valence-electron chi connectivity index (χ4n) is 1.04. The van der Waals surface area contributed by atoms with Gasteiger partial charge in [-0.05, 0) is 28.6 Å². The Labute approximate surface area is 84.5 Å². The molecule has 0 unspecified atom stereocenters. The molecule has 0 radical (unpaired) electrons. The van der Waals surface area contributed by atoms with Crippen LogP contribution in [0.4, 0.5) is 0 Å². The first kappa shape index (κ1) is 8.66. The van der Waals surface area contributed by atoms with Crippen molar-refractivity contribution in [3.05, 3.63) is 35.1 Å². The summed E-state index contributed by atoms with van der Waals surface area (Å²) in [4.78, 5) is 0. The van der Waals surface area contributed by atoms with Crippen molar-refractivity contribution in [3.63, 3.8) is 0 Å². The summed E-state index contributed by atoms with van der Waals surface area (Å²) in [6.07, 6.45) is 0. The molecule has 1 aromatic carbocycles. The average molecular weight is 206 g/mol. The molecule has 0 fully saturated rings. The first-order chi connectivity index (χ1) is 6.81. The molecule has 2 rings (SSSR count). The van der Waals surface area contributed by atoms with Crippen molar-refractivity contribution in [1.82, 2.24) is 20.2 Å². The first-order valence-electron chi connectivity index (χ1n) is 3.75. The molecule has 0 bridgehead atoms. The highest BCUT2D eigenvalue weighted by molar-refractivity contribution is 6.30. The molecular formula is C8H4ClN5. The number of halogens is 1. The van der Waals surface area contributed by atoms with Crippen LogP contribution in [0.2, 0.25) is 5.02 Å². The molecule has 68 valence electrons. The Kier molecular flexibility index (Phi) is 2.13. The Balaban J connectivity index is 2.56. The smallest absolute Gasteiger partial charge is 0.189 e. The van der Waals surface area contributed by atoms with Crippen molar-refractivity contribution in [1.29, 1.82) is 5.26 Å². The summed E-state index contributed by atoms with van der Waals surface area (Å²) in [7, 11) is 0. The van der Waals surface area contributed by atoms with Crippen molar-refractivity contribution in [2.24, 2.45) is 0 Å². The summed E-state index contributed by atoms with van der Waals surface area (Å²) in [5.74, 6) is 0.132. The molecule has 0 amide bonds. The number of aromatic nitrogens is 4. The molecule has 5 nitrogen and oxygen atoms in total. The minimum absolute atomic E-state index is 0.132. The van der Waals surface area contributed by atoms with E-state index >= 15 is 0 Å². The summed E-state index contributed by atoms with van der Waals surface area (Å²) in [6.45, 7) is 0. The Morgan fingerprint density at radius 1 is 1.43 bits per heavy atom. The van der Waals surface area contributed by atoms with Gasteiger partial charge in [0.15, 0.2) is 0 Å². The molecule has 0 saturated carbocycles. The average Bonchev–Trinajstić information content (AvgIpc) is 2.65. The van der Waals surface area contributed by atoms with Gasteiger partial charge in [0.2, 0.25) is 0 Å². The van der Waals surface area contributed by atoms with Crippen molar-refractivity contribution in [2.45, 2.75) is 0 Å². The van der Waals surface area contributed by atoms with Gasteiger partial charge in [-0.1, -0.05) is 22.8 Å². The van der Waals surface area contributed by atoms with Crippen LogP contribution in [0, 0.1) is 11.3 Å². The third-order valence-electron chi connectivity index (χ3n) is 1.62. The number of benzene rings is 1. The van der Waals surface area contributed by atoms with Crippen LogP contribution in [0.3, 0.4) is 0 Å². The number of rotatable bonds is 1. The van der Waals surface area contributed by atoms with Gasteiger partial charge in [-0.25, -0.2) is 0 Å². The van der Waals surface area contributed by atoms with E-state index in [-0.39, 0.29) is 5.82 Å². The highest BCUT2D eigenvalue weighted by atomic mass is 35.5. The van der Waals surface area contributed by atoms with E-state index in [0.29, 0.717) is 10.7 Å². The van der Waals surface area contributed by atoms with Gasteiger partial charge in [0.05, 0.1) is 5.69 Å². The summed E-state index contributed by atoms with van der Waals surface area (Å²) in [5.41, 5.74) is 0.666. The van der Waals surface area contributed by atoms with Crippen molar-refractivity contribution >= 4 is 11.6 Å². The van der Waals surface area contributed by atoms with Crippen molar-refractivity contribution < 1.29 is 0 Å². The predicted molar refractivity (Wildman–Crippen MR) is 48.9 cm³/mol. The van der Waals surface area contributed by atoms with Crippen LogP contribution in [0.15, 0.2) is 24.3 Å². The van der Waals surface area contributed by atoms with Gasteiger partial charge in [-0.3, -0.25) is 0 Å². The molecule has 0 spiro atoms. The van der Waals surface area contributed by atoms with Crippen LogP contribution >= 0.6 is 11.6 Å². The predicted octanol–water partition coefficient (Wildman–Crippen LogP) is 1.19. The normalized spacial score (nSPS) is 9.71. The lowest BCUT2D eigenvalue weighted by molar-refractivity contribution is 0.785. The number of hydrogen-bond acceptors (Lipinski definition) is 4. The van der Waals surface area contributed by atoms with Crippen LogP contribution in [0.5, 0.6) is 0 Å². The Bertz CT molecular complexity index is 498. The maximum Gasteiger partial charge on any atom is 0.257 e. The lowest BCUT2D eigenvalue weighted by atomic mass is 10.3. The van der Waals surface area contributed by atoms with Gasteiger partial charge < -0.3 is 0 Å². The minimum Gasteiger partial charge on any atom is -0.189 e. The lowest BCUT2D eigenvalue weighted by Crippen LogP contribution is -1.99. The molecule has 1 aromatic heterocycles. The van der Waals surface area contributed by atoms with E-state index in [4.69, 9.17) is 16.9 Å². The third kappa shape index (κ3) is 1.43. The van der Waals surface area contributed by atoms with Gasteiger partial charge in [-0.2, -0.15) is 9.94 Å². The standard InChI is InChI=1S/C8H4ClN5/c9-6-2-1-3-7(4-6)14-8(5-10)11-12-13-14/h1-4H. The zero-order valence-corrected chi connectivity index (χ0v) is 7.68. The number of nitriles is 1. The van der Waals surface area contributed by atoms with Crippen molar-refractivity contribution in [3.8, 4) is 11.8 Å². The second-order valence-corrected chi connectivity index (χ2v) is 2.94. The zero-order valence-electron chi connectivity index (χ0n) is 6.92. The molecule has 6 heteroatoms. The van der Waals surface area contributed by atoms with E-state index in [2.05, 4.69) is 15.5 Å². The van der Waals surface area contributed by atoms with Crippen LogP contribution in [-0.4, -0.2) is 20.2 Å². The number of tetrazole rings is 1. The largest absolute Gasteiger partial charge is 0.257 e. The Morgan fingerprint density at radius 3 is 3.00 bits per heavy atom. The molecule has 0 aliphatic rings. The first-order valence-corrected chi connectivity index (χ1v) is 4.13. The molecule has 2 aromatic rings. The third-order valence-corrected chi connectivity index (χ3v) is 1.86. The second-order valence-electron chi connectivity index (χ2n) is 2.51. The SMILES string of the molecule is N#Cc1nnnn1-c1cccc(Cl)c1.